The van der Waals surface area contributed by atoms with Crippen LogP contribution < -0.4 is 9.47 Å². The minimum Gasteiger partial charge on any atom is -0.478 e. The first kappa shape index (κ1) is 17.0. The first-order valence-corrected chi connectivity index (χ1v) is 8.36. The summed E-state index contributed by atoms with van der Waals surface area (Å²) in [6, 6.07) is 11.2. The molecule has 0 saturated heterocycles. The fraction of sp³-hybridized carbons (Fsp3) is 0.235. The van der Waals surface area contributed by atoms with Gasteiger partial charge in [-0.2, -0.15) is 0 Å². The Bertz CT molecular complexity index is 698. The Kier molecular flexibility index (Phi) is 5.64. The highest BCUT2D eigenvalue weighted by molar-refractivity contribution is 9.11. The Balaban J connectivity index is 2.05. The van der Waals surface area contributed by atoms with Gasteiger partial charge in [-0.3, -0.25) is 0 Å². The molecule has 1 atom stereocenters. The van der Waals surface area contributed by atoms with E-state index < -0.39 is 12.1 Å². The highest BCUT2D eigenvalue weighted by Gasteiger charge is 2.19. The van der Waals surface area contributed by atoms with Crippen LogP contribution in [-0.2, 0) is 4.79 Å². The van der Waals surface area contributed by atoms with Crippen molar-refractivity contribution >= 4 is 37.8 Å². The van der Waals surface area contributed by atoms with Gasteiger partial charge in [-0.1, -0.05) is 33.6 Å². The Hall–Kier alpha value is -1.33. The topological polar surface area (TPSA) is 35.5 Å². The summed E-state index contributed by atoms with van der Waals surface area (Å²) in [5.41, 5.74) is 2.05. The van der Waals surface area contributed by atoms with E-state index in [1.54, 1.807) is 19.1 Å². The molecule has 0 saturated carbocycles. The van der Waals surface area contributed by atoms with Crippen LogP contribution >= 0.6 is 31.9 Å². The molecule has 0 aromatic heterocycles. The number of carbonyl (C=O) groups is 1. The van der Waals surface area contributed by atoms with Crippen molar-refractivity contribution in [3.63, 3.8) is 0 Å². The zero-order valence-corrected chi connectivity index (χ0v) is 15.7. The number of rotatable bonds is 4. The molecule has 0 heterocycles. The van der Waals surface area contributed by atoms with Crippen LogP contribution in [0, 0.1) is 13.8 Å². The van der Waals surface area contributed by atoms with Crippen molar-refractivity contribution < 1.29 is 14.3 Å². The third kappa shape index (κ3) is 4.34. The van der Waals surface area contributed by atoms with Gasteiger partial charge in [-0.25, -0.2) is 4.79 Å². The third-order valence-corrected chi connectivity index (χ3v) is 4.18. The number of aryl methyl sites for hydroxylation is 2. The highest BCUT2D eigenvalue weighted by atomic mass is 79.9. The van der Waals surface area contributed by atoms with Gasteiger partial charge in [0.1, 0.15) is 11.5 Å². The van der Waals surface area contributed by atoms with E-state index in [4.69, 9.17) is 9.47 Å². The first-order valence-electron chi connectivity index (χ1n) is 6.77. The molecule has 0 bridgehead atoms. The number of hydrogen-bond donors (Lipinski definition) is 0. The molecule has 0 N–H and O–H groups in total. The lowest BCUT2D eigenvalue weighted by Gasteiger charge is -2.16. The number of hydrogen-bond acceptors (Lipinski definition) is 3. The number of esters is 1. The van der Waals surface area contributed by atoms with Crippen LogP contribution in [0.15, 0.2) is 45.3 Å². The summed E-state index contributed by atoms with van der Waals surface area (Å²) >= 11 is 6.78. The third-order valence-electron chi connectivity index (χ3n) is 3.07. The van der Waals surface area contributed by atoms with E-state index in [9.17, 15) is 4.79 Å². The second-order valence-electron chi connectivity index (χ2n) is 5.02. The number of ether oxygens (including phenoxy) is 2. The molecule has 0 unspecified atom stereocenters. The minimum atomic E-state index is -0.710. The molecule has 22 heavy (non-hydrogen) atoms. The van der Waals surface area contributed by atoms with Crippen molar-refractivity contribution in [2.75, 3.05) is 0 Å². The molecule has 0 radical (unpaired) electrons. The lowest BCUT2D eigenvalue weighted by molar-refractivity contribution is -0.141. The van der Waals surface area contributed by atoms with Crippen molar-refractivity contribution in [2.45, 2.75) is 26.9 Å². The molecule has 2 aromatic carbocycles. The van der Waals surface area contributed by atoms with Crippen LogP contribution in [-0.4, -0.2) is 12.1 Å². The molecular formula is C17H16Br2O3. The number of halogens is 2. The predicted octanol–water partition coefficient (Wildman–Crippen LogP) is 5.20. The molecule has 0 amide bonds. The molecule has 0 aliphatic heterocycles. The van der Waals surface area contributed by atoms with Crippen LogP contribution in [0.1, 0.15) is 18.1 Å². The molecule has 5 heteroatoms. The summed E-state index contributed by atoms with van der Waals surface area (Å²) in [6.45, 7) is 5.57. The maximum Gasteiger partial charge on any atom is 0.352 e. The second kappa shape index (κ2) is 7.29. The summed E-state index contributed by atoms with van der Waals surface area (Å²) in [5, 5.41) is 0. The van der Waals surface area contributed by atoms with E-state index in [1.165, 1.54) is 0 Å². The van der Waals surface area contributed by atoms with E-state index in [2.05, 4.69) is 31.9 Å². The van der Waals surface area contributed by atoms with Crippen molar-refractivity contribution in [2.24, 2.45) is 0 Å². The van der Waals surface area contributed by atoms with E-state index >= 15 is 0 Å². The van der Waals surface area contributed by atoms with Gasteiger partial charge < -0.3 is 9.47 Å². The Morgan fingerprint density at radius 3 is 2.36 bits per heavy atom. The summed E-state index contributed by atoms with van der Waals surface area (Å²) in [5.74, 6) is 0.718. The highest BCUT2D eigenvalue weighted by Crippen LogP contribution is 2.29. The molecule has 0 fully saturated rings. The lowest BCUT2D eigenvalue weighted by atomic mass is 10.1. The molecule has 0 spiro atoms. The molecule has 2 aromatic rings. The van der Waals surface area contributed by atoms with Gasteiger partial charge >= 0.3 is 5.97 Å². The van der Waals surface area contributed by atoms with Crippen LogP contribution in [0.4, 0.5) is 0 Å². The largest absolute Gasteiger partial charge is 0.478 e. The molecule has 0 aliphatic carbocycles. The monoisotopic (exact) mass is 426 g/mol. The van der Waals surface area contributed by atoms with Crippen molar-refractivity contribution in [1.82, 2.24) is 0 Å². The SMILES string of the molecule is Cc1ccc(OC(=O)[C@H](C)Oc2ccc(Br)cc2Br)c(C)c1. The Morgan fingerprint density at radius 2 is 1.73 bits per heavy atom. The van der Waals surface area contributed by atoms with Crippen LogP contribution in [0.25, 0.3) is 0 Å². The average Bonchev–Trinajstić information content (AvgIpc) is 2.44. The minimum absolute atomic E-state index is 0.429. The maximum atomic E-state index is 12.2. The normalized spacial score (nSPS) is 11.9. The zero-order valence-electron chi connectivity index (χ0n) is 12.5. The summed E-state index contributed by atoms with van der Waals surface area (Å²) in [4.78, 5) is 12.2. The number of benzene rings is 2. The van der Waals surface area contributed by atoms with Crippen molar-refractivity contribution in [3.05, 3.63) is 56.5 Å². The van der Waals surface area contributed by atoms with Gasteiger partial charge in [0, 0.05) is 4.47 Å². The summed E-state index contributed by atoms with van der Waals surface area (Å²) in [7, 11) is 0. The van der Waals surface area contributed by atoms with Crippen LogP contribution in [0.5, 0.6) is 11.5 Å². The molecule has 2 rings (SSSR count). The zero-order chi connectivity index (χ0) is 16.3. The van der Waals surface area contributed by atoms with E-state index in [-0.39, 0.29) is 0 Å². The maximum absolute atomic E-state index is 12.2. The first-order chi connectivity index (χ1) is 10.4. The van der Waals surface area contributed by atoms with Gasteiger partial charge in [-0.05, 0) is 66.5 Å². The van der Waals surface area contributed by atoms with Crippen molar-refractivity contribution in [3.8, 4) is 11.5 Å². The Labute approximate surface area is 146 Å². The van der Waals surface area contributed by atoms with Crippen LogP contribution in [0.3, 0.4) is 0 Å². The molecular weight excluding hydrogens is 412 g/mol. The molecule has 3 nitrogen and oxygen atoms in total. The fourth-order valence-corrected chi connectivity index (χ4v) is 3.06. The predicted molar refractivity (Wildman–Crippen MR) is 93.5 cm³/mol. The van der Waals surface area contributed by atoms with E-state index in [0.29, 0.717) is 11.5 Å². The lowest BCUT2D eigenvalue weighted by Crippen LogP contribution is -2.28. The standard InChI is InChI=1S/C17H16Br2O3/c1-10-4-6-15(11(2)8-10)22-17(20)12(3)21-16-7-5-13(18)9-14(16)19/h4-9,12H,1-3H3/t12-/m0/s1. The van der Waals surface area contributed by atoms with Gasteiger partial charge in [0.2, 0.25) is 0 Å². The molecule has 0 aliphatic rings. The summed E-state index contributed by atoms with van der Waals surface area (Å²) < 4.78 is 12.8. The van der Waals surface area contributed by atoms with Gasteiger partial charge in [0.25, 0.3) is 0 Å². The molecule has 116 valence electrons. The fourth-order valence-electron chi connectivity index (χ4n) is 1.91. The van der Waals surface area contributed by atoms with Gasteiger partial charge in [0.05, 0.1) is 4.47 Å². The Morgan fingerprint density at radius 1 is 1.05 bits per heavy atom. The van der Waals surface area contributed by atoms with Gasteiger partial charge in [0.15, 0.2) is 6.10 Å². The average molecular weight is 428 g/mol. The van der Waals surface area contributed by atoms with Crippen molar-refractivity contribution in [1.29, 1.82) is 0 Å². The van der Waals surface area contributed by atoms with E-state index in [1.807, 2.05) is 38.1 Å². The van der Waals surface area contributed by atoms with E-state index in [0.717, 1.165) is 20.1 Å². The smallest absolute Gasteiger partial charge is 0.352 e. The summed E-state index contributed by atoms with van der Waals surface area (Å²) in [6.07, 6.45) is -0.710. The second-order valence-corrected chi connectivity index (χ2v) is 6.79. The van der Waals surface area contributed by atoms with Crippen LogP contribution in [0.2, 0.25) is 0 Å². The quantitative estimate of drug-likeness (QED) is 0.496. The van der Waals surface area contributed by atoms with Gasteiger partial charge in [-0.15, -0.1) is 0 Å². The number of carbonyl (C=O) groups excluding carboxylic acids is 1.